The summed E-state index contributed by atoms with van der Waals surface area (Å²) >= 11 is 0. The molecule has 0 bridgehead atoms. The summed E-state index contributed by atoms with van der Waals surface area (Å²) < 4.78 is 0. The average molecular weight is 273 g/mol. The van der Waals surface area contributed by atoms with Crippen molar-refractivity contribution in [1.29, 1.82) is 0 Å². The molecule has 108 valence electrons. The van der Waals surface area contributed by atoms with Crippen molar-refractivity contribution in [3.8, 4) is 0 Å². The highest BCUT2D eigenvalue weighted by atomic mass is 16.2. The zero-order valence-corrected chi connectivity index (χ0v) is 12.2. The maximum absolute atomic E-state index is 12.7. The highest BCUT2D eigenvalue weighted by molar-refractivity contribution is 5.95. The zero-order chi connectivity index (χ0) is 13.9. The van der Waals surface area contributed by atoms with Crippen LogP contribution in [0.4, 0.5) is 5.82 Å². The topological polar surface area (TPSA) is 36.4 Å². The fourth-order valence-corrected chi connectivity index (χ4v) is 3.24. The van der Waals surface area contributed by atoms with Gasteiger partial charge in [0.1, 0.15) is 5.82 Å². The van der Waals surface area contributed by atoms with Crippen LogP contribution in [0.3, 0.4) is 0 Å². The standard InChI is InChI=1S/C16H23N3O/c1-13-6-2-3-11-19(13)16(20)14-7-8-17-15(12-14)18-9-4-5-10-18/h7-8,12-13H,2-6,9-11H2,1H3. The molecule has 1 unspecified atom stereocenters. The summed E-state index contributed by atoms with van der Waals surface area (Å²) in [5.74, 6) is 1.12. The van der Waals surface area contributed by atoms with E-state index in [1.807, 2.05) is 17.0 Å². The van der Waals surface area contributed by atoms with Crippen LogP contribution in [0, 0.1) is 0 Å². The minimum absolute atomic E-state index is 0.167. The van der Waals surface area contributed by atoms with E-state index in [-0.39, 0.29) is 5.91 Å². The minimum atomic E-state index is 0.167. The van der Waals surface area contributed by atoms with Crippen molar-refractivity contribution in [1.82, 2.24) is 9.88 Å². The number of pyridine rings is 1. The summed E-state index contributed by atoms with van der Waals surface area (Å²) in [6.07, 6.45) is 7.71. The number of carbonyl (C=O) groups excluding carboxylic acids is 1. The quantitative estimate of drug-likeness (QED) is 0.831. The Labute approximate surface area is 120 Å². The predicted octanol–water partition coefficient (Wildman–Crippen LogP) is 2.70. The van der Waals surface area contributed by atoms with Crippen LogP contribution in [0.25, 0.3) is 0 Å². The molecule has 1 aromatic rings. The summed E-state index contributed by atoms with van der Waals surface area (Å²) in [6.45, 7) is 5.16. The molecular weight excluding hydrogens is 250 g/mol. The first-order chi connectivity index (χ1) is 9.75. The van der Waals surface area contributed by atoms with E-state index in [0.29, 0.717) is 6.04 Å². The second-order valence-electron chi connectivity index (χ2n) is 5.94. The molecule has 1 amide bonds. The molecular formula is C16H23N3O. The molecule has 3 rings (SSSR count). The van der Waals surface area contributed by atoms with Crippen LogP contribution in [-0.2, 0) is 0 Å². The van der Waals surface area contributed by atoms with Crippen molar-refractivity contribution in [2.24, 2.45) is 0 Å². The molecule has 4 nitrogen and oxygen atoms in total. The number of aromatic nitrogens is 1. The van der Waals surface area contributed by atoms with Gasteiger partial charge in [0, 0.05) is 37.4 Å². The lowest BCUT2D eigenvalue weighted by Gasteiger charge is -2.33. The van der Waals surface area contributed by atoms with Crippen molar-refractivity contribution in [2.45, 2.75) is 45.1 Å². The monoisotopic (exact) mass is 273 g/mol. The molecule has 2 aliphatic heterocycles. The van der Waals surface area contributed by atoms with E-state index in [1.165, 1.54) is 19.3 Å². The zero-order valence-electron chi connectivity index (χ0n) is 12.2. The molecule has 1 aromatic heterocycles. The molecule has 2 aliphatic rings. The molecule has 0 radical (unpaired) electrons. The molecule has 2 saturated heterocycles. The third kappa shape index (κ3) is 2.65. The van der Waals surface area contributed by atoms with Gasteiger partial charge in [-0.15, -0.1) is 0 Å². The molecule has 2 fully saturated rings. The van der Waals surface area contributed by atoms with Crippen molar-refractivity contribution < 1.29 is 4.79 Å². The van der Waals surface area contributed by atoms with E-state index in [0.717, 1.165) is 43.9 Å². The Morgan fingerprint density at radius 2 is 1.95 bits per heavy atom. The first kappa shape index (κ1) is 13.4. The van der Waals surface area contributed by atoms with E-state index in [4.69, 9.17) is 0 Å². The Hall–Kier alpha value is -1.58. The van der Waals surface area contributed by atoms with E-state index < -0.39 is 0 Å². The normalized spacial score (nSPS) is 23.1. The van der Waals surface area contributed by atoms with E-state index in [2.05, 4.69) is 16.8 Å². The second kappa shape index (κ2) is 5.81. The van der Waals surface area contributed by atoms with Crippen molar-refractivity contribution in [3.05, 3.63) is 23.9 Å². The van der Waals surface area contributed by atoms with Crippen molar-refractivity contribution >= 4 is 11.7 Å². The van der Waals surface area contributed by atoms with Gasteiger partial charge in [-0.3, -0.25) is 4.79 Å². The Balaban J connectivity index is 1.78. The van der Waals surface area contributed by atoms with Gasteiger partial charge in [0.05, 0.1) is 0 Å². The maximum atomic E-state index is 12.7. The number of likely N-dealkylation sites (tertiary alicyclic amines) is 1. The van der Waals surface area contributed by atoms with Crippen molar-refractivity contribution in [3.63, 3.8) is 0 Å². The molecule has 3 heterocycles. The van der Waals surface area contributed by atoms with Crippen LogP contribution < -0.4 is 4.90 Å². The summed E-state index contributed by atoms with van der Waals surface area (Å²) in [4.78, 5) is 21.4. The van der Waals surface area contributed by atoms with Crippen LogP contribution >= 0.6 is 0 Å². The molecule has 4 heteroatoms. The van der Waals surface area contributed by atoms with Crippen LogP contribution in [-0.4, -0.2) is 41.5 Å². The van der Waals surface area contributed by atoms with Gasteiger partial charge in [-0.1, -0.05) is 0 Å². The fourth-order valence-electron chi connectivity index (χ4n) is 3.24. The average Bonchev–Trinajstić information content (AvgIpc) is 3.01. The largest absolute Gasteiger partial charge is 0.357 e. The highest BCUT2D eigenvalue weighted by Gasteiger charge is 2.25. The predicted molar refractivity (Wildman–Crippen MR) is 80.0 cm³/mol. The summed E-state index contributed by atoms with van der Waals surface area (Å²) in [5, 5.41) is 0. The second-order valence-corrected chi connectivity index (χ2v) is 5.94. The van der Waals surface area contributed by atoms with Gasteiger partial charge >= 0.3 is 0 Å². The van der Waals surface area contributed by atoms with Gasteiger partial charge in [0.25, 0.3) is 5.91 Å². The van der Waals surface area contributed by atoms with Gasteiger partial charge in [-0.05, 0) is 51.2 Å². The fraction of sp³-hybridized carbons (Fsp3) is 0.625. The Kier molecular flexibility index (Phi) is 3.90. The molecule has 0 N–H and O–H groups in total. The molecule has 0 aromatic carbocycles. The van der Waals surface area contributed by atoms with Gasteiger partial charge in [0.15, 0.2) is 0 Å². The van der Waals surface area contributed by atoms with Crippen LogP contribution in [0.2, 0.25) is 0 Å². The van der Waals surface area contributed by atoms with Crippen molar-refractivity contribution in [2.75, 3.05) is 24.5 Å². The number of rotatable bonds is 2. The molecule has 0 saturated carbocycles. The van der Waals surface area contributed by atoms with E-state index in [9.17, 15) is 4.79 Å². The summed E-state index contributed by atoms with van der Waals surface area (Å²) in [5.41, 5.74) is 0.788. The molecule has 0 spiro atoms. The highest BCUT2D eigenvalue weighted by Crippen LogP contribution is 2.22. The Bertz CT molecular complexity index is 482. The van der Waals surface area contributed by atoms with Gasteiger partial charge in [0.2, 0.25) is 0 Å². The number of amides is 1. The number of carbonyl (C=O) groups is 1. The van der Waals surface area contributed by atoms with Crippen LogP contribution in [0.15, 0.2) is 18.3 Å². The molecule has 0 aliphatic carbocycles. The minimum Gasteiger partial charge on any atom is -0.357 e. The molecule has 1 atom stereocenters. The number of hydrogen-bond donors (Lipinski definition) is 0. The SMILES string of the molecule is CC1CCCCN1C(=O)c1ccnc(N2CCCC2)c1. The smallest absolute Gasteiger partial charge is 0.254 e. The lowest BCUT2D eigenvalue weighted by molar-refractivity contribution is 0.0635. The van der Waals surface area contributed by atoms with Crippen LogP contribution in [0.1, 0.15) is 49.4 Å². The van der Waals surface area contributed by atoms with Gasteiger partial charge in [-0.25, -0.2) is 4.98 Å². The Morgan fingerprint density at radius 1 is 1.20 bits per heavy atom. The number of piperidine rings is 1. The van der Waals surface area contributed by atoms with Gasteiger partial charge < -0.3 is 9.80 Å². The maximum Gasteiger partial charge on any atom is 0.254 e. The molecule has 20 heavy (non-hydrogen) atoms. The first-order valence-corrected chi connectivity index (χ1v) is 7.77. The van der Waals surface area contributed by atoms with E-state index >= 15 is 0 Å². The third-order valence-corrected chi connectivity index (χ3v) is 4.49. The number of nitrogens with zero attached hydrogens (tertiary/aromatic N) is 3. The first-order valence-electron chi connectivity index (χ1n) is 7.77. The summed E-state index contributed by atoms with van der Waals surface area (Å²) in [7, 11) is 0. The third-order valence-electron chi connectivity index (χ3n) is 4.49. The van der Waals surface area contributed by atoms with Crippen LogP contribution in [0.5, 0.6) is 0 Å². The summed E-state index contributed by atoms with van der Waals surface area (Å²) in [6, 6.07) is 4.18. The number of hydrogen-bond acceptors (Lipinski definition) is 3. The number of anilines is 1. The lowest BCUT2D eigenvalue weighted by Crippen LogP contribution is -2.42. The van der Waals surface area contributed by atoms with E-state index in [1.54, 1.807) is 6.20 Å². The Morgan fingerprint density at radius 3 is 2.70 bits per heavy atom. The lowest BCUT2D eigenvalue weighted by atomic mass is 10.0. The van der Waals surface area contributed by atoms with Gasteiger partial charge in [-0.2, -0.15) is 0 Å².